The van der Waals surface area contributed by atoms with E-state index in [0.717, 1.165) is 5.56 Å². The van der Waals surface area contributed by atoms with Crippen molar-refractivity contribution in [2.24, 2.45) is 5.73 Å². The van der Waals surface area contributed by atoms with Gasteiger partial charge in [0.15, 0.2) is 0 Å². The van der Waals surface area contributed by atoms with E-state index in [-0.39, 0.29) is 11.9 Å². The van der Waals surface area contributed by atoms with Crippen LogP contribution in [0, 0.1) is 0 Å². The third-order valence-corrected chi connectivity index (χ3v) is 4.56. The van der Waals surface area contributed by atoms with Gasteiger partial charge in [0, 0.05) is 25.2 Å². The van der Waals surface area contributed by atoms with Gasteiger partial charge in [0.1, 0.15) is 0 Å². The van der Waals surface area contributed by atoms with Crippen molar-refractivity contribution in [3.05, 3.63) is 35.4 Å². The fourth-order valence-electron chi connectivity index (χ4n) is 2.90. The lowest BCUT2D eigenvalue weighted by Crippen LogP contribution is -2.39. The summed E-state index contributed by atoms with van der Waals surface area (Å²) in [6.07, 6.45) is 6.62. The summed E-state index contributed by atoms with van der Waals surface area (Å²) in [6, 6.07) is 8.26. The smallest absolute Gasteiger partial charge is 0.253 e. The van der Waals surface area contributed by atoms with Crippen molar-refractivity contribution in [3.8, 4) is 0 Å². The quantitative estimate of drug-likeness (QED) is 0.916. The Kier molecular flexibility index (Phi) is 5.18. The number of nitrogens with zero attached hydrogens (tertiary/aromatic N) is 1. The molecule has 0 heterocycles. The lowest BCUT2D eigenvalue weighted by Gasteiger charge is -2.24. The standard InChI is InChI=1S/C17H26N2O/c1-13(12-18)19(2)17(20)16-10-8-15(9-11-16)14-6-4-3-5-7-14/h8-11,13-14H,3-7,12,18H2,1-2H3. The Bertz CT molecular complexity index is 435. The summed E-state index contributed by atoms with van der Waals surface area (Å²) in [5.41, 5.74) is 7.76. The van der Waals surface area contributed by atoms with Gasteiger partial charge in [-0.1, -0.05) is 31.4 Å². The van der Waals surface area contributed by atoms with E-state index in [9.17, 15) is 4.79 Å². The lowest BCUT2D eigenvalue weighted by molar-refractivity contribution is 0.0748. The number of carbonyl (C=O) groups is 1. The largest absolute Gasteiger partial charge is 0.338 e. The van der Waals surface area contributed by atoms with Gasteiger partial charge in [-0.25, -0.2) is 0 Å². The molecule has 2 rings (SSSR count). The Labute approximate surface area is 122 Å². The summed E-state index contributed by atoms with van der Waals surface area (Å²) < 4.78 is 0. The highest BCUT2D eigenvalue weighted by molar-refractivity contribution is 5.94. The van der Waals surface area contributed by atoms with Crippen molar-refractivity contribution in [3.63, 3.8) is 0 Å². The molecule has 0 radical (unpaired) electrons. The SMILES string of the molecule is CC(CN)N(C)C(=O)c1ccc(C2CCCCC2)cc1. The molecular formula is C17H26N2O. The highest BCUT2D eigenvalue weighted by atomic mass is 16.2. The highest BCUT2D eigenvalue weighted by Gasteiger charge is 2.18. The van der Waals surface area contributed by atoms with E-state index in [1.54, 1.807) is 4.90 Å². The van der Waals surface area contributed by atoms with Crippen LogP contribution in [0.15, 0.2) is 24.3 Å². The predicted octanol–water partition coefficient (Wildman–Crippen LogP) is 3.15. The first-order valence-electron chi connectivity index (χ1n) is 7.70. The van der Waals surface area contributed by atoms with Crippen molar-refractivity contribution >= 4 is 5.91 Å². The van der Waals surface area contributed by atoms with E-state index >= 15 is 0 Å². The molecule has 0 aromatic heterocycles. The van der Waals surface area contributed by atoms with Gasteiger partial charge < -0.3 is 10.6 Å². The fraction of sp³-hybridized carbons (Fsp3) is 0.588. The molecule has 0 aliphatic heterocycles. The summed E-state index contributed by atoms with van der Waals surface area (Å²) in [6.45, 7) is 2.46. The normalized spacial score (nSPS) is 17.8. The van der Waals surface area contributed by atoms with Gasteiger partial charge in [-0.15, -0.1) is 0 Å². The number of amides is 1. The average Bonchev–Trinajstić information content (AvgIpc) is 2.53. The molecular weight excluding hydrogens is 248 g/mol. The van der Waals surface area contributed by atoms with Crippen molar-refractivity contribution in [1.29, 1.82) is 0 Å². The minimum absolute atomic E-state index is 0.0538. The molecule has 1 aliphatic carbocycles. The Hall–Kier alpha value is -1.35. The maximum Gasteiger partial charge on any atom is 0.253 e. The van der Waals surface area contributed by atoms with Gasteiger partial charge in [0.25, 0.3) is 5.91 Å². The van der Waals surface area contributed by atoms with Crippen LogP contribution in [-0.4, -0.2) is 30.4 Å². The molecule has 0 saturated heterocycles. The molecule has 1 aromatic carbocycles. The molecule has 1 fully saturated rings. The second kappa shape index (κ2) is 6.89. The maximum atomic E-state index is 12.3. The highest BCUT2D eigenvalue weighted by Crippen LogP contribution is 2.32. The van der Waals surface area contributed by atoms with Crippen LogP contribution < -0.4 is 5.73 Å². The van der Waals surface area contributed by atoms with Crippen LogP contribution in [-0.2, 0) is 0 Å². The first-order valence-corrected chi connectivity index (χ1v) is 7.70. The Balaban J connectivity index is 2.05. The zero-order valence-corrected chi connectivity index (χ0v) is 12.6. The maximum absolute atomic E-state index is 12.3. The molecule has 110 valence electrons. The second-order valence-corrected chi connectivity index (χ2v) is 5.96. The third kappa shape index (κ3) is 3.40. The molecule has 1 aliphatic rings. The van der Waals surface area contributed by atoms with Crippen LogP contribution in [0.3, 0.4) is 0 Å². The van der Waals surface area contributed by atoms with Crippen molar-refractivity contribution in [2.75, 3.05) is 13.6 Å². The summed E-state index contributed by atoms with van der Waals surface area (Å²) in [5.74, 6) is 0.742. The Morgan fingerprint density at radius 1 is 1.25 bits per heavy atom. The van der Waals surface area contributed by atoms with E-state index < -0.39 is 0 Å². The van der Waals surface area contributed by atoms with Gasteiger partial charge in [0.2, 0.25) is 0 Å². The fourth-order valence-corrected chi connectivity index (χ4v) is 2.90. The first-order chi connectivity index (χ1) is 9.63. The van der Waals surface area contributed by atoms with Gasteiger partial charge in [-0.3, -0.25) is 4.79 Å². The number of hydrogen-bond acceptors (Lipinski definition) is 2. The summed E-state index contributed by atoms with van der Waals surface area (Å²) >= 11 is 0. The number of benzene rings is 1. The van der Waals surface area contributed by atoms with E-state index in [0.29, 0.717) is 12.5 Å². The number of rotatable bonds is 4. The molecule has 1 atom stereocenters. The molecule has 0 bridgehead atoms. The van der Waals surface area contributed by atoms with Crippen LogP contribution in [0.25, 0.3) is 0 Å². The summed E-state index contributed by atoms with van der Waals surface area (Å²) in [5, 5.41) is 0. The molecule has 0 spiro atoms. The average molecular weight is 274 g/mol. The molecule has 3 nitrogen and oxygen atoms in total. The van der Waals surface area contributed by atoms with Crippen LogP contribution in [0.1, 0.15) is 60.9 Å². The van der Waals surface area contributed by atoms with E-state index in [1.807, 2.05) is 26.1 Å². The van der Waals surface area contributed by atoms with Crippen LogP contribution in [0.5, 0.6) is 0 Å². The molecule has 1 amide bonds. The molecule has 1 unspecified atom stereocenters. The van der Waals surface area contributed by atoms with Crippen molar-refractivity contribution in [2.45, 2.75) is 51.0 Å². The second-order valence-electron chi connectivity index (χ2n) is 5.96. The molecule has 1 aromatic rings. The monoisotopic (exact) mass is 274 g/mol. The van der Waals surface area contributed by atoms with Crippen molar-refractivity contribution < 1.29 is 4.79 Å². The zero-order valence-electron chi connectivity index (χ0n) is 12.6. The number of hydrogen-bond donors (Lipinski definition) is 1. The topological polar surface area (TPSA) is 46.3 Å². The molecule has 3 heteroatoms. The zero-order chi connectivity index (χ0) is 14.5. The first kappa shape index (κ1) is 15.0. The van der Waals surface area contributed by atoms with Crippen molar-refractivity contribution in [1.82, 2.24) is 4.90 Å². The minimum atomic E-state index is 0.0538. The van der Waals surface area contributed by atoms with Crippen LogP contribution in [0.2, 0.25) is 0 Å². The number of nitrogens with two attached hydrogens (primary N) is 1. The number of carbonyl (C=O) groups excluding carboxylic acids is 1. The van der Waals surface area contributed by atoms with E-state index in [4.69, 9.17) is 5.73 Å². The van der Waals surface area contributed by atoms with Gasteiger partial charge in [-0.05, 0) is 43.4 Å². The van der Waals surface area contributed by atoms with Crippen LogP contribution >= 0.6 is 0 Å². The Morgan fingerprint density at radius 3 is 2.40 bits per heavy atom. The van der Waals surface area contributed by atoms with Gasteiger partial charge >= 0.3 is 0 Å². The number of likely N-dealkylation sites (N-methyl/N-ethyl adjacent to an activating group) is 1. The van der Waals surface area contributed by atoms with E-state index in [2.05, 4.69) is 12.1 Å². The predicted molar refractivity (Wildman–Crippen MR) is 82.9 cm³/mol. The Morgan fingerprint density at radius 2 is 1.85 bits per heavy atom. The van der Waals surface area contributed by atoms with Gasteiger partial charge in [0.05, 0.1) is 0 Å². The third-order valence-electron chi connectivity index (χ3n) is 4.56. The van der Waals surface area contributed by atoms with E-state index in [1.165, 1.54) is 37.7 Å². The molecule has 20 heavy (non-hydrogen) atoms. The molecule has 2 N–H and O–H groups in total. The summed E-state index contributed by atoms with van der Waals surface area (Å²) in [4.78, 5) is 14.0. The van der Waals surface area contributed by atoms with Crippen LogP contribution in [0.4, 0.5) is 0 Å². The summed E-state index contributed by atoms with van der Waals surface area (Å²) in [7, 11) is 1.81. The molecule has 1 saturated carbocycles. The lowest BCUT2D eigenvalue weighted by atomic mass is 9.84. The van der Waals surface area contributed by atoms with Gasteiger partial charge in [-0.2, -0.15) is 0 Å². The minimum Gasteiger partial charge on any atom is -0.338 e.